The Morgan fingerprint density at radius 1 is 1.07 bits per heavy atom. The Labute approximate surface area is 184 Å². The van der Waals surface area contributed by atoms with Crippen molar-refractivity contribution in [2.75, 3.05) is 39.8 Å². The molecular formula is C25H35FN2OS. The predicted octanol–water partition coefficient (Wildman–Crippen LogP) is 5.52. The maximum absolute atomic E-state index is 13.0. The van der Waals surface area contributed by atoms with Crippen molar-refractivity contribution in [2.45, 2.75) is 51.2 Å². The van der Waals surface area contributed by atoms with Crippen LogP contribution in [-0.4, -0.2) is 49.6 Å². The van der Waals surface area contributed by atoms with Crippen molar-refractivity contribution in [3.63, 3.8) is 0 Å². The third kappa shape index (κ3) is 6.36. The summed E-state index contributed by atoms with van der Waals surface area (Å²) in [7, 11) is 2.26. The number of halogens is 1. The Morgan fingerprint density at radius 3 is 2.60 bits per heavy atom. The van der Waals surface area contributed by atoms with E-state index in [-0.39, 0.29) is 5.82 Å². The highest BCUT2D eigenvalue weighted by molar-refractivity contribution is 7.12. The van der Waals surface area contributed by atoms with Crippen molar-refractivity contribution < 1.29 is 9.13 Å². The summed E-state index contributed by atoms with van der Waals surface area (Å²) in [5.74, 6) is 0.642. The Bertz CT molecular complexity index is 764. The SMILES string of the molecule is CN(Cc1ccc([C@@H]2CCCCO2)s1)CC1CCN(CCc2ccc(F)cc2)CC1. The molecule has 0 unspecified atom stereocenters. The van der Waals surface area contributed by atoms with E-state index in [9.17, 15) is 4.39 Å². The number of benzene rings is 1. The smallest absolute Gasteiger partial charge is 0.123 e. The van der Waals surface area contributed by atoms with Gasteiger partial charge in [0, 0.05) is 36.0 Å². The Kier molecular flexibility index (Phi) is 7.94. The van der Waals surface area contributed by atoms with Crippen LogP contribution in [0, 0.1) is 11.7 Å². The van der Waals surface area contributed by atoms with Crippen molar-refractivity contribution in [2.24, 2.45) is 5.92 Å². The molecule has 30 heavy (non-hydrogen) atoms. The second-order valence-electron chi connectivity index (χ2n) is 9.02. The van der Waals surface area contributed by atoms with Gasteiger partial charge >= 0.3 is 0 Å². The number of hydrogen-bond acceptors (Lipinski definition) is 4. The lowest BCUT2D eigenvalue weighted by atomic mass is 9.96. The van der Waals surface area contributed by atoms with Gasteiger partial charge in [-0.3, -0.25) is 0 Å². The fraction of sp³-hybridized carbons (Fsp3) is 0.600. The first kappa shape index (κ1) is 21.9. The second kappa shape index (κ2) is 10.9. The van der Waals surface area contributed by atoms with Gasteiger partial charge in [0.15, 0.2) is 0 Å². The third-order valence-electron chi connectivity index (χ3n) is 6.51. The van der Waals surface area contributed by atoms with E-state index in [1.54, 1.807) is 12.1 Å². The minimum Gasteiger partial charge on any atom is -0.373 e. The molecule has 0 spiro atoms. The van der Waals surface area contributed by atoms with Crippen LogP contribution in [-0.2, 0) is 17.7 Å². The highest BCUT2D eigenvalue weighted by Crippen LogP contribution is 2.33. The summed E-state index contributed by atoms with van der Waals surface area (Å²) in [6, 6.07) is 11.5. The number of hydrogen-bond donors (Lipinski definition) is 0. The minimum atomic E-state index is -0.148. The monoisotopic (exact) mass is 430 g/mol. The molecule has 0 radical (unpaired) electrons. The molecule has 0 N–H and O–H groups in total. The molecule has 2 saturated heterocycles. The third-order valence-corrected chi connectivity index (χ3v) is 7.67. The summed E-state index contributed by atoms with van der Waals surface area (Å²) in [6.07, 6.45) is 7.58. The van der Waals surface area contributed by atoms with Crippen LogP contribution in [0.2, 0.25) is 0 Å². The van der Waals surface area contributed by atoms with Crippen molar-refractivity contribution in [1.82, 2.24) is 9.80 Å². The highest BCUT2D eigenvalue weighted by atomic mass is 32.1. The van der Waals surface area contributed by atoms with E-state index in [0.717, 1.165) is 32.0 Å². The van der Waals surface area contributed by atoms with Crippen molar-refractivity contribution in [3.8, 4) is 0 Å². The topological polar surface area (TPSA) is 15.7 Å². The normalized spacial score (nSPS) is 21.4. The summed E-state index contributed by atoms with van der Waals surface area (Å²) in [6.45, 7) is 6.58. The zero-order valence-corrected chi connectivity index (χ0v) is 19.0. The molecule has 0 aliphatic carbocycles. The molecule has 4 rings (SSSR count). The number of nitrogens with zero attached hydrogens (tertiary/aromatic N) is 2. The molecule has 0 amide bonds. The van der Waals surface area contributed by atoms with E-state index in [0.29, 0.717) is 6.10 Å². The fourth-order valence-electron chi connectivity index (χ4n) is 4.72. The van der Waals surface area contributed by atoms with Gasteiger partial charge in [-0.2, -0.15) is 0 Å². The Balaban J connectivity index is 1.16. The molecule has 1 aromatic carbocycles. The van der Waals surface area contributed by atoms with Gasteiger partial charge in [-0.1, -0.05) is 12.1 Å². The van der Waals surface area contributed by atoms with Crippen LogP contribution in [0.3, 0.4) is 0 Å². The first-order chi connectivity index (χ1) is 14.7. The molecular weight excluding hydrogens is 395 g/mol. The molecule has 2 aromatic rings. The lowest BCUT2D eigenvalue weighted by molar-refractivity contribution is 0.0172. The van der Waals surface area contributed by atoms with Crippen LogP contribution in [0.5, 0.6) is 0 Å². The van der Waals surface area contributed by atoms with E-state index < -0.39 is 0 Å². The van der Waals surface area contributed by atoms with E-state index in [4.69, 9.17) is 4.74 Å². The molecule has 164 valence electrons. The number of piperidine rings is 1. The number of thiophene rings is 1. The van der Waals surface area contributed by atoms with Gasteiger partial charge in [0.2, 0.25) is 0 Å². The van der Waals surface area contributed by atoms with Crippen LogP contribution in [0.4, 0.5) is 4.39 Å². The number of likely N-dealkylation sites (tertiary alicyclic amines) is 1. The van der Waals surface area contributed by atoms with Gasteiger partial charge in [0.25, 0.3) is 0 Å². The Hall–Kier alpha value is -1.27. The summed E-state index contributed by atoms with van der Waals surface area (Å²) >= 11 is 1.94. The number of rotatable bonds is 8. The van der Waals surface area contributed by atoms with Gasteiger partial charge in [0.05, 0.1) is 6.10 Å². The lowest BCUT2D eigenvalue weighted by Gasteiger charge is -2.33. The predicted molar refractivity (Wildman–Crippen MR) is 122 cm³/mol. The van der Waals surface area contributed by atoms with Gasteiger partial charge in [-0.05, 0) is 94.4 Å². The van der Waals surface area contributed by atoms with Gasteiger partial charge in [-0.25, -0.2) is 4.39 Å². The number of ether oxygens (including phenoxy) is 1. The van der Waals surface area contributed by atoms with Crippen LogP contribution < -0.4 is 0 Å². The molecule has 0 saturated carbocycles. The van der Waals surface area contributed by atoms with Crippen molar-refractivity contribution in [3.05, 3.63) is 57.5 Å². The molecule has 3 heterocycles. The maximum Gasteiger partial charge on any atom is 0.123 e. The quantitative estimate of drug-likeness (QED) is 0.549. The summed E-state index contributed by atoms with van der Waals surface area (Å²) in [5, 5.41) is 0. The minimum absolute atomic E-state index is 0.148. The molecule has 5 heteroatoms. The van der Waals surface area contributed by atoms with Crippen LogP contribution in [0.1, 0.15) is 53.5 Å². The second-order valence-corrected chi connectivity index (χ2v) is 10.2. The molecule has 2 fully saturated rings. The van der Waals surface area contributed by atoms with E-state index >= 15 is 0 Å². The van der Waals surface area contributed by atoms with Gasteiger partial charge in [-0.15, -0.1) is 11.3 Å². The Morgan fingerprint density at radius 2 is 1.87 bits per heavy atom. The summed E-state index contributed by atoms with van der Waals surface area (Å²) in [4.78, 5) is 7.93. The van der Waals surface area contributed by atoms with E-state index in [2.05, 4.69) is 29.0 Å². The van der Waals surface area contributed by atoms with Crippen molar-refractivity contribution in [1.29, 1.82) is 0 Å². The molecule has 1 atom stereocenters. The highest BCUT2D eigenvalue weighted by Gasteiger charge is 2.21. The van der Waals surface area contributed by atoms with Crippen LogP contribution in [0.25, 0.3) is 0 Å². The fourth-order valence-corrected chi connectivity index (χ4v) is 5.90. The van der Waals surface area contributed by atoms with Crippen molar-refractivity contribution >= 4 is 11.3 Å². The summed E-state index contributed by atoms with van der Waals surface area (Å²) < 4.78 is 19.0. The van der Waals surface area contributed by atoms with Crippen LogP contribution in [0.15, 0.2) is 36.4 Å². The molecule has 0 bridgehead atoms. The zero-order chi connectivity index (χ0) is 20.8. The first-order valence-corrected chi connectivity index (χ1v) is 12.3. The molecule has 2 aliphatic heterocycles. The molecule has 3 nitrogen and oxygen atoms in total. The molecule has 1 aromatic heterocycles. The largest absolute Gasteiger partial charge is 0.373 e. The average Bonchev–Trinajstić information content (AvgIpc) is 3.23. The molecule has 2 aliphatic rings. The first-order valence-electron chi connectivity index (χ1n) is 11.5. The maximum atomic E-state index is 13.0. The van der Waals surface area contributed by atoms with Gasteiger partial charge < -0.3 is 14.5 Å². The van der Waals surface area contributed by atoms with E-state index in [1.807, 2.05) is 23.5 Å². The van der Waals surface area contributed by atoms with Gasteiger partial charge in [0.1, 0.15) is 5.82 Å². The lowest BCUT2D eigenvalue weighted by Crippen LogP contribution is -2.38. The van der Waals surface area contributed by atoms with Crippen LogP contribution >= 0.6 is 11.3 Å². The standard InChI is InChI=1S/C25H35FN2OS/c1-27(19-23-9-10-25(30-23)24-4-2-3-17-29-24)18-21-12-15-28(16-13-21)14-11-20-5-7-22(26)8-6-20/h5-10,21,24H,2-4,11-19H2,1H3/t24-/m0/s1. The zero-order valence-electron chi connectivity index (χ0n) is 18.2. The van der Waals surface area contributed by atoms with E-state index in [1.165, 1.54) is 67.1 Å². The average molecular weight is 431 g/mol. The summed E-state index contributed by atoms with van der Waals surface area (Å²) in [5.41, 5.74) is 1.23.